The van der Waals surface area contributed by atoms with Crippen LogP contribution in [0.3, 0.4) is 0 Å². The molecule has 4 N–H and O–H groups in total. The van der Waals surface area contributed by atoms with Gasteiger partial charge in [0.1, 0.15) is 0 Å². The molecule has 0 aromatic carbocycles. The fourth-order valence-corrected chi connectivity index (χ4v) is 1.02. The van der Waals surface area contributed by atoms with Crippen LogP contribution in [-0.2, 0) is 0 Å². The van der Waals surface area contributed by atoms with Crippen LogP contribution in [0.25, 0.3) is 0 Å². The van der Waals surface area contributed by atoms with Crippen molar-refractivity contribution in [3.8, 4) is 0 Å². The molecule has 2 heteroatoms. The lowest BCUT2D eigenvalue weighted by Gasteiger charge is -2.20. The van der Waals surface area contributed by atoms with Crippen molar-refractivity contribution in [1.29, 1.82) is 0 Å². The summed E-state index contributed by atoms with van der Waals surface area (Å²) in [5, 5.41) is 0. The summed E-state index contributed by atoms with van der Waals surface area (Å²) in [6.07, 6.45) is 10.9. The van der Waals surface area contributed by atoms with Gasteiger partial charge in [-0.3, -0.25) is 0 Å². The molecule has 0 heterocycles. The molecule has 2 nitrogen and oxygen atoms in total. The molecule has 0 aromatic rings. The summed E-state index contributed by atoms with van der Waals surface area (Å²) in [5.41, 5.74) is 10.8. The number of nitrogens with two attached hydrogens (primary N) is 2. The molecule has 0 saturated heterocycles. The topological polar surface area (TPSA) is 52.0 Å². The first-order valence-electron chi connectivity index (χ1n) is 3.63. The van der Waals surface area contributed by atoms with E-state index in [4.69, 9.17) is 11.5 Å². The van der Waals surface area contributed by atoms with E-state index < -0.39 is 5.66 Å². The zero-order valence-corrected chi connectivity index (χ0v) is 6.09. The maximum Gasteiger partial charge on any atom is 0.0831 e. The number of allylic oxidation sites excluding steroid dienone is 3. The van der Waals surface area contributed by atoms with E-state index in [0.29, 0.717) is 0 Å². The minimum absolute atomic E-state index is 0.579. The van der Waals surface area contributed by atoms with Gasteiger partial charge in [0.2, 0.25) is 0 Å². The fourth-order valence-electron chi connectivity index (χ4n) is 1.02. The summed E-state index contributed by atoms with van der Waals surface area (Å²) in [4.78, 5) is 0. The van der Waals surface area contributed by atoms with E-state index in [1.54, 1.807) is 0 Å². The molecule has 1 rings (SSSR count). The van der Waals surface area contributed by atoms with Gasteiger partial charge in [0.05, 0.1) is 5.66 Å². The zero-order chi connectivity index (χ0) is 7.45. The molecule has 0 atom stereocenters. The molecule has 0 aromatic heterocycles. The van der Waals surface area contributed by atoms with Crippen LogP contribution in [0, 0.1) is 0 Å². The Morgan fingerprint density at radius 3 is 2.80 bits per heavy atom. The summed E-state index contributed by atoms with van der Waals surface area (Å²) < 4.78 is 0. The minimum atomic E-state index is -0.579. The van der Waals surface area contributed by atoms with Crippen molar-refractivity contribution >= 4 is 0 Å². The van der Waals surface area contributed by atoms with Gasteiger partial charge in [0, 0.05) is 0 Å². The van der Waals surface area contributed by atoms with Gasteiger partial charge in [0.15, 0.2) is 0 Å². The first-order valence-corrected chi connectivity index (χ1v) is 3.63. The lowest BCUT2D eigenvalue weighted by molar-refractivity contribution is 0.487. The summed E-state index contributed by atoms with van der Waals surface area (Å²) in [6.45, 7) is 0. The number of rotatable bonds is 0. The average Bonchev–Trinajstić information content (AvgIpc) is 1.81. The van der Waals surface area contributed by atoms with Gasteiger partial charge < -0.3 is 11.5 Å². The summed E-state index contributed by atoms with van der Waals surface area (Å²) >= 11 is 0. The Kier molecular flexibility index (Phi) is 2.25. The Hall–Kier alpha value is -0.600. The molecule has 0 radical (unpaired) electrons. The van der Waals surface area contributed by atoms with Gasteiger partial charge in [-0.1, -0.05) is 24.3 Å². The van der Waals surface area contributed by atoms with Gasteiger partial charge in [-0.15, -0.1) is 0 Å². The molecular formula is C8H14N2. The lowest BCUT2D eigenvalue weighted by atomic mass is 10.0. The molecule has 56 valence electrons. The van der Waals surface area contributed by atoms with Gasteiger partial charge >= 0.3 is 0 Å². The average molecular weight is 138 g/mol. The van der Waals surface area contributed by atoms with E-state index in [1.807, 2.05) is 18.2 Å². The SMILES string of the molecule is NC1(N)/C=C\C=C/CCC1. The Morgan fingerprint density at radius 2 is 2.00 bits per heavy atom. The molecule has 0 bridgehead atoms. The van der Waals surface area contributed by atoms with Crippen LogP contribution in [0.5, 0.6) is 0 Å². The third kappa shape index (κ3) is 2.33. The first-order chi connectivity index (χ1) is 4.71. The summed E-state index contributed by atoms with van der Waals surface area (Å²) in [5.74, 6) is 0. The third-order valence-electron chi connectivity index (χ3n) is 1.63. The molecule has 0 unspecified atom stereocenters. The van der Waals surface area contributed by atoms with Crippen molar-refractivity contribution in [3.63, 3.8) is 0 Å². The van der Waals surface area contributed by atoms with Crippen LogP contribution < -0.4 is 11.5 Å². The lowest BCUT2D eigenvalue weighted by Crippen LogP contribution is -2.47. The highest BCUT2D eigenvalue weighted by Gasteiger charge is 2.13. The molecule has 0 spiro atoms. The van der Waals surface area contributed by atoms with Crippen LogP contribution in [0.2, 0.25) is 0 Å². The van der Waals surface area contributed by atoms with Crippen LogP contribution in [0.1, 0.15) is 19.3 Å². The standard InChI is InChI=1S/C8H14N2/c9-8(10)6-4-2-1-3-5-7-8/h1-2,4,6H,3,5,7,9-10H2/b2-1-,6-4-. The highest BCUT2D eigenvalue weighted by molar-refractivity contribution is 5.11. The second-order valence-corrected chi connectivity index (χ2v) is 2.79. The Morgan fingerprint density at radius 1 is 1.20 bits per heavy atom. The Labute approximate surface area is 61.6 Å². The maximum atomic E-state index is 5.70. The number of hydrogen-bond donors (Lipinski definition) is 2. The molecule has 0 fully saturated rings. The molecule has 10 heavy (non-hydrogen) atoms. The second kappa shape index (κ2) is 2.99. The molecule has 0 aliphatic heterocycles. The van der Waals surface area contributed by atoms with Crippen LogP contribution in [-0.4, -0.2) is 5.66 Å². The van der Waals surface area contributed by atoms with E-state index >= 15 is 0 Å². The number of hydrogen-bond acceptors (Lipinski definition) is 2. The maximum absolute atomic E-state index is 5.70. The van der Waals surface area contributed by atoms with E-state index in [9.17, 15) is 0 Å². The highest BCUT2D eigenvalue weighted by atomic mass is 14.9. The summed E-state index contributed by atoms with van der Waals surface area (Å²) in [7, 11) is 0. The molecular weight excluding hydrogens is 124 g/mol. The van der Waals surface area contributed by atoms with Crippen molar-refractivity contribution < 1.29 is 0 Å². The van der Waals surface area contributed by atoms with Crippen molar-refractivity contribution in [1.82, 2.24) is 0 Å². The van der Waals surface area contributed by atoms with Gasteiger partial charge in [-0.05, 0) is 19.3 Å². The molecule has 0 amide bonds. The third-order valence-corrected chi connectivity index (χ3v) is 1.63. The Bertz CT molecular complexity index is 157. The molecule has 1 aliphatic rings. The van der Waals surface area contributed by atoms with Gasteiger partial charge in [0.25, 0.3) is 0 Å². The van der Waals surface area contributed by atoms with Crippen LogP contribution in [0.15, 0.2) is 24.3 Å². The quantitative estimate of drug-likeness (QED) is 0.488. The smallest absolute Gasteiger partial charge is 0.0831 e. The van der Waals surface area contributed by atoms with E-state index in [-0.39, 0.29) is 0 Å². The second-order valence-electron chi connectivity index (χ2n) is 2.79. The van der Waals surface area contributed by atoms with Crippen molar-refractivity contribution in [3.05, 3.63) is 24.3 Å². The van der Waals surface area contributed by atoms with Gasteiger partial charge in [-0.2, -0.15) is 0 Å². The van der Waals surface area contributed by atoms with Crippen LogP contribution in [0.4, 0.5) is 0 Å². The van der Waals surface area contributed by atoms with E-state index in [0.717, 1.165) is 19.3 Å². The monoisotopic (exact) mass is 138 g/mol. The van der Waals surface area contributed by atoms with Gasteiger partial charge in [-0.25, -0.2) is 0 Å². The van der Waals surface area contributed by atoms with Crippen molar-refractivity contribution in [2.75, 3.05) is 0 Å². The van der Waals surface area contributed by atoms with E-state index in [2.05, 4.69) is 6.08 Å². The predicted molar refractivity (Wildman–Crippen MR) is 43.2 cm³/mol. The fraction of sp³-hybridized carbons (Fsp3) is 0.500. The normalized spacial score (nSPS) is 30.2. The van der Waals surface area contributed by atoms with Crippen molar-refractivity contribution in [2.45, 2.75) is 24.9 Å². The Balaban J connectivity index is 2.61. The zero-order valence-electron chi connectivity index (χ0n) is 6.09. The van der Waals surface area contributed by atoms with Crippen LogP contribution >= 0.6 is 0 Å². The van der Waals surface area contributed by atoms with E-state index in [1.165, 1.54) is 0 Å². The molecule has 0 saturated carbocycles. The largest absolute Gasteiger partial charge is 0.310 e. The highest BCUT2D eigenvalue weighted by Crippen LogP contribution is 2.09. The molecule has 1 aliphatic carbocycles. The minimum Gasteiger partial charge on any atom is -0.310 e. The first kappa shape index (κ1) is 7.51. The summed E-state index contributed by atoms with van der Waals surface area (Å²) in [6, 6.07) is 0. The van der Waals surface area contributed by atoms with Crippen molar-refractivity contribution in [2.24, 2.45) is 11.5 Å². The predicted octanol–water partition coefficient (Wildman–Crippen LogP) is 0.896.